The van der Waals surface area contributed by atoms with Crippen molar-refractivity contribution in [2.45, 2.75) is 96.4 Å². The molecule has 0 amide bonds. The zero-order valence-electron chi connectivity index (χ0n) is 21.0. The quantitative estimate of drug-likeness (QED) is 0.459. The summed E-state index contributed by atoms with van der Waals surface area (Å²) in [4.78, 5) is 0. The Morgan fingerprint density at radius 3 is 1.12 bits per heavy atom. The molecule has 0 spiro atoms. The van der Waals surface area contributed by atoms with E-state index in [1.165, 1.54) is 12.0 Å². The number of hydrogen-bond donors (Lipinski definition) is 3. The summed E-state index contributed by atoms with van der Waals surface area (Å²) in [6.07, 6.45) is 3.37. The lowest BCUT2D eigenvalue weighted by molar-refractivity contribution is 0.626. The van der Waals surface area contributed by atoms with Crippen LogP contribution in [0.2, 0.25) is 0 Å². The van der Waals surface area contributed by atoms with Crippen LogP contribution in [0, 0.1) is 17.8 Å². The Balaban J connectivity index is -0.0000000336. The third-order valence-electron chi connectivity index (χ3n) is 2.17. The van der Waals surface area contributed by atoms with Crippen molar-refractivity contribution in [3.8, 4) is 0 Å². The van der Waals surface area contributed by atoms with Gasteiger partial charge in [-0.25, -0.2) is 0 Å². The van der Waals surface area contributed by atoms with Gasteiger partial charge in [0.05, 0.1) is 0 Å². The topological polar surface area (TPSA) is 73.0 Å². The van der Waals surface area contributed by atoms with E-state index in [-0.39, 0.29) is 6.15 Å². The number of rotatable bonds is 3. The molecule has 0 aromatic rings. The summed E-state index contributed by atoms with van der Waals surface area (Å²) >= 11 is 0. The fourth-order valence-corrected chi connectivity index (χ4v) is 0.422. The Hall–Kier alpha value is -0.380. The van der Waals surface area contributed by atoms with E-state index in [4.69, 9.17) is 5.73 Å². The molecule has 0 aliphatic rings. The van der Waals surface area contributed by atoms with Gasteiger partial charge < -0.3 is 17.2 Å². The van der Waals surface area contributed by atoms with Crippen LogP contribution in [0.3, 0.4) is 0 Å². The Kier molecular flexibility index (Phi) is 87.7. The lowest BCUT2D eigenvalue weighted by atomic mass is 10.1. The molecule has 0 radical (unpaired) electrons. The number of hydrogen-bond acceptors (Lipinski definition) is 3. The van der Waals surface area contributed by atoms with Gasteiger partial charge in [0, 0.05) is 6.54 Å². The Morgan fingerprint density at radius 1 is 0.880 bits per heavy atom. The van der Waals surface area contributed by atoms with E-state index in [0.717, 1.165) is 11.8 Å². The minimum atomic E-state index is 0. The van der Waals surface area contributed by atoms with Gasteiger partial charge in [-0.1, -0.05) is 101 Å². The number of allylic oxidation sites excluding steroid dienone is 1. The number of nitrogens with one attached hydrogen (secondary N) is 1. The molecule has 0 bridgehead atoms. The van der Waals surface area contributed by atoms with Crippen LogP contribution < -0.4 is 17.2 Å². The summed E-state index contributed by atoms with van der Waals surface area (Å²) < 4.78 is 0. The van der Waals surface area contributed by atoms with Gasteiger partial charge in [-0.15, -0.1) is 0 Å². The fraction of sp³-hybridized carbons (Fsp3) is 0.909. The molecule has 0 fully saturated rings. The summed E-state index contributed by atoms with van der Waals surface area (Å²) in [7, 11) is 3.75. The average Bonchev–Trinajstić information content (AvgIpc) is 2.52. The van der Waals surface area contributed by atoms with Crippen LogP contribution in [0.15, 0.2) is 11.6 Å². The van der Waals surface area contributed by atoms with Gasteiger partial charge in [-0.2, -0.15) is 0 Å². The van der Waals surface area contributed by atoms with Gasteiger partial charge in [0.2, 0.25) is 0 Å². The highest BCUT2D eigenvalue weighted by Crippen LogP contribution is 2.05. The smallest absolute Gasteiger partial charge is 0.0109 e. The van der Waals surface area contributed by atoms with Crippen molar-refractivity contribution in [3.63, 3.8) is 0 Å². The monoisotopic (exact) mass is 365 g/mol. The minimum absolute atomic E-state index is 0. The highest BCUT2D eigenvalue weighted by molar-refractivity contribution is 5.00. The predicted octanol–water partition coefficient (Wildman–Crippen LogP) is 7.31. The first-order valence-corrected chi connectivity index (χ1v) is 10.1. The molecule has 3 heteroatoms. The second kappa shape index (κ2) is 49.5. The third-order valence-corrected chi connectivity index (χ3v) is 2.17. The van der Waals surface area contributed by atoms with Gasteiger partial charge >= 0.3 is 0 Å². The fourth-order valence-electron chi connectivity index (χ4n) is 0.422. The van der Waals surface area contributed by atoms with Gasteiger partial charge in [0.15, 0.2) is 0 Å². The third kappa shape index (κ3) is 149. The molecule has 0 atom stereocenters. The van der Waals surface area contributed by atoms with Crippen LogP contribution in [-0.2, 0) is 0 Å². The second-order valence-corrected chi connectivity index (χ2v) is 6.37. The molecule has 0 saturated carbocycles. The zero-order chi connectivity index (χ0) is 21.1. The molecule has 0 aromatic heterocycles. The van der Waals surface area contributed by atoms with Crippen LogP contribution in [0.25, 0.3) is 0 Å². The van der Waals surface area contributed by atoms with Crippen LogP contribution in [0.4, 0.5) is 0 Å². The molecule has 0 rings (SSSR count). The van der Waals surface area contributed by atoms with E-state index < -0.39 is 0 Å². The van der Waals surface area contributed by atoms with Crippen molar-refractivity contribution >= 4 is 0 Å². The summed E-state index contributed by atoms with van der Waals surface area (Å²) in [6.45, 7) is 28.3. The molecule has 3 nitrogen and oxygen atoms in total. The Bertz CT molecular complexity index is 171. The summed E-state index contributed by atoms with van der Waals surface area (Å²) in [6, 6.07) is 0. The highest BCUT2D eigenvalue weighted by Gasteiger charge is 1.91. The molecule has 162 valence electrons. The maximum Gasteiger partial charge on any atom is 0.0109 e. The van der Waals surface area contributed by atoms with Gasteiger partial charge in [-0.05, 0) is 38.8 Å². The maximum atomic E-state index is 5.29. The van der Waals surface area contributed by atoms with Gasteiger partial charge in [-0.3, -0.25) is 0 Å². The largest absolute Gasteiger partial charge is 0.344 e. The molecule has 0 aliphatic heterocycles. The van der Waals surface area contributed by atoms with Crippen LogP contribution in [-0.4, -0.2) is 20.6 Å². The van der Waals surface area contributed by atoms with Crippen molar-refractivity contribution in [1.82, 2.24) is 11.5 Å². The SMILES string of the molecule is C/C(=C\CN)C(C)C.CC.CC.CC(C)C.CCC(C)C.CNC.N. The van der Waals surface area contributed by atoms with E-state index in [1.54, 1.807) is 0 Å². The maximum absolute atomic E-state index is 5.29. The van der Waals surface area contributed by atoms with Gasteiger partial charge in [0.25, 0.3) is 0 Å². The highest BCUT2D eigenvalue weighted by atomic mass is 14.7. The van der Waals surface area contributed by atoms with Crippen LogP contribution >= 0.6 is 0 Å². The minimum Gasteiger partial charge on any atom is -0.344 e. The van der Waals surface area contributed by atoms with Crippen molar-refractivity contribution in [1.29, 1.82) is 0 Å². The Morgan fingerprint density at radius 2 is 1.08 bits per heavy atom. The van der Waals surface area contributed by atoms with Crippen molar-refractivity contribution in [2.75, 3.05) is 20.6 Å². The Labute approximate surface area is 164 Å². The zero-order valence-corrected chi connectivity index (χ0v) is 21.0. The standard InChI is InChI=1S/C7H15N.C5H12.C4H10.C2H7N.2C2H6.H3N/c1-6(2)7(3)4-5-8;1-4-5(2)3;1-4(2)3;1-3-2;2*1-2;/h4,6H,5,8H2,1-3H3;5H,4H2,1-3H3;4H,1-3H3;3H,1-2H3;2*1-2H3;1H3/b7-4+;;;;;;. The molecule has 0 aliphatic carbocycles. The molecular formula is C22H59N3. The molecular weight excluding hydrogens is 306 g/mol. The van der Waals surface area contributed by atoms with Crippen molar-refractivity contribution < 1.29 is 0 Å². The van der Waals surface area contributed by atoms with E-state index in [9.17, 15) is 0 Å². The summed E-state index contributed by atoms with van der Waals surface area (Å²) in [5, 5.41) is 2.75. The predicted molar refractivity (Wildman–Crippen MR) is 126 cm³/mol. The van der Waals surface area contributed by atoms with E-state index >= 15 is 0 Å². The summed E-state index contributed by atoms with van der Waals surface area (Å²) in [5.74, 6) is 2.37. The average molecular weight is 366 g/mol. The first-order chi connectivity index (χ1) is 11.1. The lowest BCUT2D eigenvalue weighted by Gasteiger charge is -2.01. The molecule has 25 heavy (non-hydrogen) atoms. The van der Waals surface area contributed by atoms with E-state index in [2.05, 4.69) is 73.7 Å². The normalized spacial score (nSPS) is 8.68. The van der Waals surface area contributed by atoms with Gasteiger partial charge in [0.1, 0.15) is 0 Å². The van der Waals surface area contributed by atoms with Crippen molar-refractivity contribution in [3.05, 3.63) is 11.6 Å². The number of nitrogens with two attached hydrogens (primary N) is 1. The molecule has 6 N–H and O–H groups in total. The van der Waals surface area contributed by atoms with Crippen LogP contribution in [0.1, 0.15) is 96.4 Å². The second-order valence-electron chi connectivity index (χ2n) is 6.37. The lowest BCUT2D eigenvalue weighted by Crippen LogP contribution is -1.97. The molecule has 0 heterocycles. The molecule has 0 aromatic carbocycles. The summed E-state index contributed by atoms with van der Waals surface area (Å²) in [5.41, 5.74) is 6.67. The first kappa shape index (κ1) is 44.2. The molecule has 0 unspecified atom stereocenters. The van der Waals surface area contributed by atoms with Crippen molar-refractivity contribution in [2.24, 2.45) is 23.5 Å². The van der Waals surface area contributed by atoms with E-state index in [0.29, 0.717) is 12.5 Å². The van der Waals surface area contributed by atoms with Crippen LogP contribution in [0.5, 0.6) is 0 Å². The molecule has 0 saturated heterocycles. The van der Waals surface area contributed by atoms with E-state index in [1.807, 2.05) is 41.8 Å². The first-order valence-electron chi connectivity index (χ1n) is 10.1.